The first-order valence-corrected chi connectivity index (χ1v) is 6.55. The largest absolute Gasteiger partial charge is 0.481 e. The minimum absolute atomic E-state index is 0. The average molecular weight is 317 g/mol. The van der Waals surface area contributed by atoms with Crippen LogP contribution in [0.2, 0.25) is 0 Å². The fourth-order valence-electron chi connectivity index (χ4n) is 2.37. The van der Waals surface area contributed by atoms with Gasteiger partial charge < -0.3 is 10.4 Å². The predicted octanol–water partition coefficient (Wildman–Crippen LogP) is 1.98. The van der Waals surface area contributed by atoms with Crippen molar-refractivity contribution < 1.29 is 19.1 Å². The van der Waals surface area contributed by atoms with Crippen molar-refractivity contribution in [1.29, 1.82) is 0 Å². The van der Waals surface area contributed by atoms with Gasteiger partial charge in [0.1, 0.15) is 5.82 Å². The maximum atomic E-state index is 13.0. The summed E-state index contributed by atoms with van der Waals surface area (Å²) < 4.78 is 13.0. The lowest BCUT2D eigenvalue weighted by Crippen LogP contribution is -2.42. The van der Waals surface area contributed by atoms with Gasteiger partial charge >= 0.3 is 5.97 Å². The smallest absolute Gasteiger partial charge is 0.307 e. The first kappa shape index (κ1) is 17.4. The molecule has 2 N–H and O–H groups in total. The molecule has 1 aromatic rings. The summed E-state index contributed by atoms with van der Waals surface area (Å²) in [6, 6.07) is 5.68. The molecule has 1 amide bonds. The molecule has 7 heteroatoms. The summed E-state index contributed by atoms with van der Waals surface area (Å²) in [4.78, 5) is 24.6. The van der Waals surface area contributed by atoms with Gasteiger partial charge in [0.2, 0.25) is 5.91 Å². The standard InChI is InChI=1S/C14H17FN2O3.ClH/c15-11-4-1-5-12(7-11)16-13(18)9-17-6-2-3-10(8-17)14(19)20;/h1,4-5,7,10H,2-3,6,8-9H2,(H,16,18)(H,19,20);1H. The molecule has 0 radical (unpaired) electrons. The van der Waals surface area contributed by atoms with Crippen LogP contribution in [0.25, 0.3) is 0 Å². The SMILES string of the molecule is Cl.O=C(CN1CCCC(C(=O)O)C1)Nc1cccc(F)c1. The number of hydrogen-bond acceptors (Lipinski definition) is 3. The van der Waals surface area contributed by atoms with E-state index in [4.69, 9.17) is 5.11 Å². The van der Waals surface area contributed by atoms with Crippen LogP contribution in [0.1, 0.15) is 12.8 Å². The lowest BCUT2D eigenvalue weighted by atomic mass is 9.98. The van der Waals surface area contributed by atoms with Crippen molar-refractivity contribution in [1.82, 2.24) is 4.90 Å². The van der Waals surface area contributed by atoms with E-state index in [0.29, 0.717) is 25.2 Å². The molecule has 1 heterocycles. The van der Waals surface area contributed by atoms with Gasteiger partial charge in [0, 0.05) is 12.2 Å². The first-order chi connectivity index (χ1) is 9.54. The molecule has 1 fully saturated rings. The number of amides is 1. The van der Waals surface area contributed by atoms with Gasteiger partial charge in [0.05, 0.1) is 12.5 Å². The highest BCUT2D eigenvalue weighted by atomic mass is 35.5. The van der Waals surface area contributed by atoms with Crippen LogP contribution >= 0.6 is 12.4 Å². The van der Waals surface area contributed by atoms with Crippen LogP contribution in [0, 0.1) is 11.7 Å². The second kappa shape index (κ2) is 7.95. The van der Waals surface area contributed by atoms with E-state index in [-0.39, 0.29) is 24.9 Å². The number of halogens is 2. The van der Waals surface area contributed by atoms with E-state index >= 15 is 0 Å². The Labute approximate surface area is 128 Å². The number of rotatable bonds is 4. The number of piperidine rings is 1. The van der Waals surface area contributed by atoms with Crippen LogP contribution < -0.4 is 5.32 Å². The number of benzene rings is 1. The van der Waals surface area contributed by atoms with Crippen molar-refractivity contribution in [2.24, 2.45) is 5.92 Å². The van der Waals surface area contributed by atoms with E-state index in [1.54, 1.807) is 6.07 Å². The number of nitrogens with zero attached hydrogens (tertiary/aromatic N) is 1. The molecule has 116 valence electrons. The molecular weight excluding hydrogens is 299 g/mol. The van der Waals surface area contributed by atoms with Crippen LogP contribution in [-0.2, 0) is 9.59 Å². The normalized spacial score (nSPS) is 18.6. The summed E-state index contributed by atoms with van der Waals surface area (Å²) in [6.07, 6.45) is 1.42. The highest BCUT2D eigenvalue weighted by molar-refractivity contribution is 5.92. The maximum Gasteiger partial charge on any atom is 0.307 e. The molecule has 0 bridgehead atoms. The van der Waals surface area contributed by atoms with Crippen LogP contribution in [-0.4, -0.2) is 41.5 Å². The molecule has 1 aliphatic rings. The number of hydrogen-bond donors (Lipinski definition) is 2. The molecule has 0 aliphatic carbocycles. The van der Waals surface area contributed by atoms with E-state index < -0.39 is 17.7 Å². The molecule has 1 aliphatic heterocycles. The van der Waals surface area contributed by atoms with Gasteiger partial charge in [0.25, 0.3) is 0 Å². The Hall–Kier alpha value is -1.66. The molecule has 2 rings (SSSR count). The Morgan fingerprint density at radius 3 is 2.86 bits per heavy atom. The zero-order chi connectivity index (χ0) is 14.5. The summed E-state index contributed by atoms with van der Waals surface area (Å²) in [5.41, 5.74) is 0.404. The lowest BCUT2D eigenvalue weighted by Gasteiger charge is -2.29. The van der Waals surface area contributed by atoms with Gasteiger partial charge in [0.15, 0.2) is 0 Å². The van der Waals surface area contributed by atoms with Gasteiger partial charge in [-0.1, -0.05) is 6.07 Å². The molecule has 1 atom stereocenters. The quantitative estimate of drug-likeness (QED) is 0.891. The molecule has 5 nitrogen and oxygen atoms in total. The Morgan fingerprint density at radius 2 is 2.19 bits per heavy atom. The van der Waals surface area contributed by atoms with Crippen molar-refractivity contribution in [3.8, 4) is 0 Å². The van der Waals surface area contributed by atoms with E-state index in [1.807, 2.05) is 4.90 Å². The number of likely N-dealkylation sites (tertiary alicyclic amines) is 1. The second-order valence-electron chi connectivity index (χ2n) is 4.97. The predicted molar refractivity (Wildman–Crippen MR) is 79.1 cm³/mol. The summed E-state index contributed by atoms with van der Waals surface area (Å²) in [6.45, 7) is 1.21. The third-order valence-corrected chi connectivity index (χ3v) is 3.33. The van der Waals surface area contributed by atoms with Gasteiger partial charge in [-0.15, -0.1) is 12.4 Å². The average Bonchev–Trinajstić information content (AvgIpc) is 2.38. The zero-order valence-electron chi connectivity index (χ0n) is 11.4. The third-order valence-electron chi connectivity index (χ3n) is 3.33. The molecule has 21 heavy (non-hydrogen) atoms. The number of carboxylic acid groups (broad SMARTS) is 1. The van der Waals surface area contributed by atoms with Gasteiger partial charge in [-0.3, -0.25) is 14.5 Å². The van der Waals surface area contributed by atoms with Crippen molar-refractivity contribution in [2.45, 2.75) is 12.8 Å². The molecule has 1 saturated heterocycles. The van der Waals surface area contributed by atoms with Crippen molar-refractivity contribution in [2.75, 3.05) is 25.0 Å². The second-order valence-corrected chi connectivity index (χ2v) is 4.97. The third kappa shape index (κ3) is 5.32. The summed E-state index contributed by atoms with van der Waals surface area (Å²) in [5.74, 6) is -1.90. The Balaban J connectivity index is 0.00000220. The van der Waals surface area contributed by atoms with E-state index in [2.05, 4.69) is 5.32 Å². The van der Waals surface area contributed by atoms with Crippen LogP contribution in [0.5, 0.6) is 0 Å². The van der Waals surface area contributed by atoms with Crippen LogP contribution in [0.3, 0.4) is 0 Å². The number of aliphatic carboxylic acids is 1. The highest BCUT2D eigenvalue weighted by Crippen LogP contribution is 2.16. The van der Waals surface area contributed by atoms with Crippen molar-refractivity contribution in [3.63, 3.8) is 0 Å². The number of carbonyl (C=O) groups excluding carboxylic acids is 1. The van der Waals surface area contributed by atoms with Crippen LogP contribution in [0.15, 0.2) is 24.3 Å². The maximum absolute atomic E-state index is 13.0. The summed E-state index contributed by atoms with van der Waals surface area (Å²) in [7, 11) is 0. The van der Waals surface area contributed by atoms with Crippen molar-refractivity contribution >= 4 is 30.0 Å². The Morgan fingerprint density at radius 1 is 1.43 bits per heavy atom. The highest BCUT2D eigenvalue weighted by Gasteiger charge is 2.26. The summed E-state index contributed by atoms with van der Waals surface area (Å²) >= 11 is 0. The zero-order valence-corrected chi connectivity index (χ0v) is 12.2. The number of nitrogens with one attached hydrogen (secondary N) is 1. The fourth-order valence-corrected chi connectivity index (χ4v) is 2.37. The lowest BCUT2D eigenvalue weighted by molar-refractivity contribution is -0.144. The minimum atomic E-state index is -0.819. The van der Waals surface area contributed by atoms with E-state index in [1.165, 1.54) is 18.2 Å². The fraction of sp³-hybridized carbons (Fsp3) is 0.429. The van der Waals surface area contributed by atoms with Crippen LogP contribution in [0.4, 0.5) is 10.1 Å². The number of anilines is 1. The molecular formula is C14H18ClFN2O3. The number of carboxylic acids is 1. The van der Waals surface area contributed by atoms with E-state index in [9.17, 15) is 14.0 Å². The molecule has 1 aromatic carbocycles. The molecule has 0 saturated carbocycles. The number of carbonyl (C=O) groups is 2. The monoisotopic (exact) mass is 316 g/mol. The van der Waals surface area contributed by atoms with Gasteiger partial charge in [-0.05, 0) is 37.6 Å². The first-order valence-electron chi connectivity index (χ1n) is 6.55. The molecule has 0 spiro atoms. The van der Waals surface area contributed by atoms with Gasteiger partial charge in [-0.25, -0.2) is 4.39 Å². The molecule has 0 aromatic heterocycles. The molecule has 1 unspecified atom stereocenters. The van der Waals surface area contributed by atoms with E-state index in [0.717, 1.165) is 6.42 Å². The van der Waals surface area contributed by atoms with Crippen molar-refractivity contribution in [3.05, 3.63) is 30.1 Å². The minimum Gasteiger partial charge on any atom is -0.481 e. The van der Waals surface area contributed by atoms with Gasteiger partial charge in [-0.2, -0.15) is 0 Å². The Kier molecular flexibility index (Phi) is 6.58. The Bertz CT molecular complexity index is 513. The topological polar surface area (TPSA) is 69.6 Å². The summed E-state index contributed by atoms with van der Waals surface area (Å²) in [5, 5.41) is 11.6.